The summed E-state index contributed by atoms with van der Waals surface area (Å²) < 4.78 is 11.6. The molecule has 0 radical (unpaired) electrons. The second-order valence-corrected chi connectivity index (χ2v) is 6.20. The fraction of sp³-hybridized carbons (Fsp3) is 0.611. The molecule has 1 heterocycles. The van der Waals surface area contributed by atoms with Crippen LogP contribution >= 0.6 is 0 Å². The molecular weight excluding hydrogens is 278 g/mol. The van der Waals surface area contributed by atoms with Crippen molar-refractivity contribution < 1.29 is 13.9 Å². The van der Waals surface area contributed by atoms with Gasteiger partial charge in [-0.15, -0.1) is 0 Å². The van der Waals surface area contributed by atoms with Crippen molar-refractivity contribution in [2.45, 2.75) is 65.2 Å². The van der Waals surface area contributed by atoms with Crippen molar-refractivity contribution in [3.8, 4) is 0 Å². The highest BCUT2D eigenvalue weighted by Gasteiger charge is 2.32. The van der Waals surface area contributed by atoms with E-state index in [2.05, 4.69) is 20.8 Å². The molecule has 3 atom stereocenters. The summed E-state index contributed by atoms with van der Waals surface area (Å²) in [4.78, 5) is 12.6. The molecular formula is C18H27NO3. The number of Topliss-reactive ketones (excluding diaryl/α,β-unsaturated/α-hetero) is 1. The molecule has 0 saturated heterocycles. The molecule has 122 valence electrons. The highest BCUT2D eigenvalue weighted by molar-refractivity contribution is 6.07. The Morgan fingerprint density at radius 1 is 1.41 bits per heavy atom. The number of hydrogen-bond donors (Lipinski definition) is 1. The highest BCUT2D eigenvalue weighted by atomic mass is 16.5. The summed E-state index contributed by atoms with van der Waals surface area (Å²) in [6, 6.07) is 3.45. The van der Waals surface area contributed by atoms with Gasteiger partial charge in [-0.3, -0.25) is 4.79 Å². The Bertz CT molecular complexity index is 542. The molecule has 4 heteroatoms. The average molecular weight is 305 g/mol. The first-order valence-corrected chi connectivity index (χ1v) is 8.19. The molecule has 0 amide bonds. The van der Waals surface area contributed by atoms with Gasteiger partial charge in [0.05, 0.1) is 12.2 Å². The van der Waals surface area contributed by atoms with E-state index < -0.39 is 0 Å². The maximum atomic E-state index is 12.6. The Morgan fingerprint density at radius 2 is 2.09 bits per heavy atom. The molecule has 0 saturated carbocycles. The van der Waals surface area contributed by atoms with E-state index in [9.17, 15) is 4.79 Å². The molecule has 4 nitrogen and oxygen atoms in total. The minimum atomic E-state index is -0.108. The molecule has 22 heavy (non-hydrogen) atoms. The third-order valence-corrected chi connectivity index (χ3v) is 4.53. The Hall–Kier alpha value is -1.39. The van der Waals surface area contributed by atoms with Crippen LogP contribution in [0.15, 0.2) is 28.2 Å². The summed E-state index contributed by atoms with van der Waals surface area (Å²) in [5.41, 5.74) is 6.94. The van der Waals surface area contributed by atoms with Crippen molar-refractivity contribution >= 4 is 5.78 Å². The number of ketones is 1. The van der Waals surface area contributed by atoms with E-state index in [1.807, 2.05) is 13.0 Å². The van der Waals surface area contributed by atoms with Crippen LogP contribution in [-0.2, 0) is 4.74 Å². The molecule has 0 fully saturated rings. The second kappa shape index (κ2) is 7.25. The van der Waals surface area contributed by atoms with Crippen LogP contribution in [0.5, 0.6) is 0 Å². The van der Waals surface area contributed by atoms with E-state index in [1.165, 1.54) is 0 Å². The van der Waals surface area contributed by atoms with E-state index in [0.29, 0.717) is 17.8 Å². The zero-order valence-corrected chi connectivity index (χ0v) is 14.0. The summed E-state index contributed by atoms with van der Waals surface area (Å²) >= 11 is 0. The zero-order chi connectivity index (χ0) is 16.3. The number of furan rings is 1. The van der Waals surface area contributed by atoms with Crippen LogP contribution in [0.1, 0.15) is 56.3 Å². The molecule has 0 aliphatic heterocycles. The van der Waals surface area contributed by atoms with Crippen LogP contribution in [0.3, 0.4) is 0 Å². The van der Waals surface area contributed by atoms with Gasteiger partial charge in [0.15, 0.2) is 5.76 Å². The Kier molecular flexibility index (Phi) is 5.59. The van der Waals surface area contributed by atoms with Gasteiger partial charge >= 0.3 is 0 Å². The first-order valence-electron chi connectivity index (χ1n) is 8.19. The standard InChI is InChI=1S/C18H27NO3/c1-5-14(6-2)22-17-10-13(9-15(19)12(17)4)18(20)16-8-7-11(3)21-16/h7-8,10,12,14-15,17H,5-6,9,19H2,1-4H3/t12-,15+,17-/m1/s1. The van der Waals surface area contributed by atoms with Gasteiger partial charge in [-0.25, -0.2) is 0 Å². The summed E-state index contributed by atoms with van der Waals surface area (Å²) in [5.74, 6) is 1.25. The number of rotatable bonds is 6. The van der Waals surface area contributed by atoms with E-state index in [0.717, 1.165) is 18.6 Å². The predicted molar refractivity (Wildman–Crippen MR) is 86.9 cm³/mol. The highest BCUT2D eigenvalue weighted by Crippen LogP contribution is 2.29. The van der Waals surface area contributed by atoms with Crippen molar-refractivity contribution in [3.63, 3.8) is 0 Å². The largest absolute Gasteiger partial charge is 0.458 e. The van der Waals surface area contributed by atoms with E-state index >= 15 is 0 Å². The van der Waals surface area contributed by atoms with Gasteiger partial charge in [0, 0.05) is 17.5 Å². The second-order valence-electron chi connectivity index (χ2n) is 6.20. The molecule has 2 N–H and O–H groups in total. The Morgan fingerprint density at radius 3 is 2.64 bits per heavy atom. The van der Waals surface area contributed by atoms with Crippen molar-refractivity contribution in [3.05, 3.63) is 35.3 Å². The number of aryl methyl sites for hydroxylation is 1. The fourth-order valence-corrected chi connectivity index (χ4v) is 2.85. The van der Waals surface area contributed by atoms with E-state index in [1.54, 1.807) is 12.1 Å². The van der Waals surface area contributed by atoms with Gasteiger partial charge in [-0.2, -0.15) is 0 Å². The lowest BCUT2D eigenvalue weighted by Crippen LogP contribution is -2.42. The summed E-state index contributed by atoms with van der Waals surface area (Å²) in [6.07, 6.45) is 4.54. The van der Waals surface area contributed by atoms with Crippen LogP contribution in [0.2, 0.25) is 0 Å². The third kappa shape index (κ3) is 3.68. The topological polar surface area (TPSA) is 65.5 Å². The van der Waals surface area contributed by atoms with Gasteiger partial charge in [-0.05, 0) is 44.4 Å². The molecule has 1 aromatic heterocycles. The van der Waals surface area contributed by atoms with E-state index in [-0.39, 0.29) is 30.0 Å². The van der Waals surface area contributed by atoms with Gasteiger partial charge in [-0.1, -0.05) is 20.8 Å². The molecule has 0 aromatic carbocycles. The van der Waals surface area contributed by atoms with Crippen LogP contribution in [0.4, 0.5) is 0 Å². The fourth-order valence-electron chi connectivity index (χ4n) is 2.85. The number of hydrogen-bond acceptors (Lipinski definition) is 4. The lowest BCUT2D eigenvalue weighted by atomic mass is 9.82. The maximum Gasteiger partial charge on any atom is 0.224 e. The molecule has 0 unspecified atom stereocenters. The third-order valence-electron chi connectivity index (χ3n) is 4.53. The molecule has 1 aliphatic carbocycles. The molecule has 2 rings (SSSR count). The number of ether oxygens (including phenoxy) is 1. The van der Waals surface area contributed by atoms with Gasteiger partial charge in [0.2, 0.25) is 5.78 Å². The van der Waals surface area contributed by atoms with Crippen molar-refractivity contribution in [2.75, 3.05) is 0 Å². The monoisotopic (exact) mass is 305 g/mol. The Labute approximate surface area is 132 Å². The van der Waals surface area contributed by atoms with Gasteiger partial charge < -0.3 is 14.9 Å². The number of nitrogens with two attached hydrogens (primary N) is 1. The number of carbonyl (C=O) groups excluding carboxylic acids is 1. The quantitative estimate of drug-likeness (QED) is 0.815. The Balaban J connectivity index is 2.21. The van der Waals surface area contributed by atoms with Crippen LogP contribution in [-0.4, -0.2) is 24.0 Å². The summed E-state index contributed by atoms with van der Waals surface area (Å²) in [5, 5.41) is 0. The van der Waals surface area contributed by atoms with Crippen LogP contribution in [0.25, 0.3) is 0 Å². The van der Waals surface area contributed by atoms with Crippen molar-refractivity contribution in [2.24, 2.45) is 11.7 Å². The van der Waals surface area contributed by atoms with Gasteiger partial charge in [0.25, 0.3) is 0 Å². The van der Waals surface area contributed by atoms with Crippen molar-refractivity contribution in [1.82, 2.24) is 0 Å². The first kappa shape index (κ1) is 17.0. The SMILES string of the molecule is CCC(CC)O[C@@H]1C=C(C(=O)c2ccc(C)o2)C[C@H](N)[C@H]1C. The smallest absolute Gasteiger partial charge is 0.224 e. The van der Waals surface area contributed by atoms with Crippen LogP contribution in [0, 0.1) is 12.8 Å². The zero-order valence-electron chi connectivity index (χ0n) is 14.0. The van der Waals surface area contributed by atoms with E-state index in [4.69, 9.17) is 14.9 Å². The lowest BCUT2D eigenvalue weighted by molar-refractivity contribution is -0.0247. The van der Waals surface area contributed by atoms with Crippen LogP contribution < -0.4 is 5.73 Å². The van der Waals surface area contributed by atoms with Gasteiger partial charge in [0.1, 0.15) is 5.76 Å². The molecule has 1 aliphatic rings. The number of carbonyl (C=O) groups is 1. The summed E-state index contributed by atoms with van der Waals surface area (Å²) in [7, 11) is 0. The molecule has 0 bridgehead atoms. The summed E-state index contributed by atoms with van der Waals surface area (Å²) in [6.45, 7) is 8.15. The predicted octanol–water partition coefficient (Wildman–Crippen LogP) is 3.64. The maximum absolute atomic E-state index is 12.6. The molecule has 0 spiro atoms. The van der Waals surface area contributed by atoms with Crippen molar-refractivity contribution in [1.29, 1.82) is 0 Å². The lowest BCUT2D eigenvalue weighted by Gasteiger charge is -2.34. The molecule has 1 aromatic rings. The normalized spacial score (nSPS) is 25.4. The average Bonchev–Trinajstić information content (AvgIpc) is 2.94. The first-order chi connectivity index (χ1) is 10.5. The minimum Gasteiger partial charge on any atom is -0.458 e. The minimum absolute atomic E-state index is 0.0700.